The van der Waals surface area contributed by atoms with E-state index in [-0.39, 0.29) is 29.7 Å². The molecule has 2 amide bonds. The van der Waals surface area contributed by atoms with E-state index in [2.05, 4.69) is 4.98 Å². The minimum absolute atomic E-state index is 0.148. The minimum atomic E-state index is -0.373. The van der Waals surface area contributed by atoms with Crippen molar-refractivity contribution in [1.29, 1.82) is 0 Å². The topological polar surface area (TPSA) is 90.4 Å². The van der Waals surface area contributed by atoms with E-state index >= 15 is 0 Å². The molecule has 0 bridgehead atoms. The van der Waals surface area contributed by atoms with Crippen LogP contribution in [0.4, 0.5) is 0 Å². The number of aromatic nitrogens is 2. The molecule has 2 N–H and O–H groups in total. The van der Waals surface area contributed by atoms with Crippen LogP contribution >= 0.6 is 0 Å². The van der Waals surface area contributed by atoms with Crippen molar-refractivity contribution in [2.24, 2.45) is 5.73 Å². The number of amides is 2. The third-order valence-corrected chi connectivity index (χ3v) is 6.02. The highest BCUT2D eigenvalue weighted by atomic mass is 16.5. The molecule has 0 spiro atoms. The Kier molecular flexibility index (Phi) is 4.83. The van der Waals surface area contributed by atoms with Crippen LogP contribution in [0.3, 0.4) is 0 Å². The Balaban J connectivity index is 1.42. The Bertz CT molecular complexity index is 862. The molecule has 2 heterocycles. The van der Waals surface area contributed by atoms with Gasteiger partial charge in [0.25, 0.3) is 0 Å². The zero-order valence-electron chi connectivity index (χ0n) is 16.1. The van der Waals surface area contributed by atoms with Gasteiger partial charge in [-0.3, -0.25) is 9.59 Å². The maximum absolute atomic E-state index is 13.3. The summed E-state index contributed by atoms with van der Waals surface area (Å²) in [7, 11) is 1.64. The summed E-state index contributed by atoms with van der Waals surface area (Å²) in [6, 6.07) is 7.87. The van der Waals surface area contributed by atoms with Crippen molar-refractivity contribution in [2.75, 3.05) is 20.2 Å². The molecule has 148 valence electrons. The van der Waals surface area contributed by atoms with Crippen molar-refractivity contribution in [2.45, 2.75) is 43.6 Å². The molecule has 1 saturated heterocycles. The van der Waals surface area contributed by atoms with Crippen LogP contribution in [0.25, 0.3) is 0 Å². The predicted octanol–water partition coefficient (Wildman–Crippen LogP) is 1.81. The van der Waals surface area contributed by atoms with Gasteiger partial charge in [-0.25, -0.2) is 4.98 Å². The van der Waals surface area contributed by atoms with Crippen LogP contribution in [0.5, 0.6) is 5.75 Å². The van der Waals surface area contributed by atoms with E-state index in [4.69, 9.17) is 10.5 Å². The van der Waals surface area contributed by atoms with Crippen LogP contribution in [-0.2, 0) is 21.5 Å². The van der Waals surface area contributed by atoms with E-state index < -0.39 is 0 Å². The summed E-state index contributed by atoms with van der Waals surface area (Å²) in [6.45, 7) is 1.57. The van der Waals surface area contributed by atoms with E-state index in [1.165, 1.54) is 0 Å². The first-order chi connectivity index (χ1) is 13.5. The number of imidazole rings is 1. The average Bonchev–Trinajstić information content (AvgIpc) is 3.40. The fourth-order valence-corrected chi connectivity index (χ4v) is 4.29. The highest BCUT2D eigenvalue weighted by molar-refractivity contribution is 5.91. The third-order valence-electron chi connectivity index (χ3n) is 6.02. The van der Waals surface area contributed by atoms with Crippen molar-refractivity contribution in [3.63, 3.8) is 0 Å². The zero-order valence-corrected chi connectivity index (χ0v) is 16.1. The molecule has 7 nitrogen and oxygen atoms in total. The lowest BCUT2D eigenvalue weighted by molar-refractivity contribution is -0.135. The molecule has 1 saturated carbocycles. The quantitative estimate of drug-likeness (QED) is 0.825. The number of rotatable bonds is 6. The van der Waals surface area contributed by atoms with Crippen molar-refractivity contribution >= 4 is 11.8 Å². The van der Waals surface area contributed by atoms with Crippen LogP contribution in [-0.4, -0.2) is 46.5 Å². The van der Waals surface area contributed by atoms with Gasteiger partial charge in [-0.2, -0.15) is 0 Å². The lowest BCUT2D eigenvalue weighted by Gasteiger charge is -2.34. The van der Waals surface area contributed by atoms with E-state index in [0.29, 0.717) is 13.1 Å². The highest BCUT2D eigenvalue weighted by Gasteiger charge is 2.53. The third kappa shape index (κ3) is 3.37. The number of hydrogen-bond acceptors (Lipinski definition) is 4. The molecule has 0 atom stereocenters. The number of primary amides is 1. The van der Waals surface area contributed by atoms with Gasteiger partial charge in [0, 0.05) is 31.4 Å². The SMILES string of the molecule is COc1ccc(C2(C(=O)N3CCC(c4nccn4CC(N)=O)CC3)CC2)cc1. The van der Waals surface area contributed by atoms with Crippen molar-refractivity contribution in [3.8, 4) is 5.75 Å². The maximum atomic E-state index is 13.3. The number of likely N-dealkylation sites (tertiary alicyclic amines) is 1. The largest absolute Gasteiger partial charge is 0.497 e. The molecule has 4 rings (SSSR count). The summed E-state index contributed by atoms with van der Waals surface area (Å²) in [4.78, 5) is 30.9. The smallest absolute Gasteiger partial charge is 0.237 e. The Morgan fingerprint density at radius 2 is 1.89 bits per heavy atom. The molecule has 1 aromatic carbocycles. The van der Waals surface area contributed by atoms with Crippen molar-refractivity contribution in [3.05, 3.63) is 48.0 Å². The van der Waals surface area contributed by atoms with E-state index in [1.807, 2.05) is 33.7 Å². The van der Waals surface area contributed by atoms with Gasteiger partial charge in [0.1, 0.15) is 18.1 Å². The summed E-state index contributed by atoms with van der Waals surface area (Å²) in [5, 5.41) is 0. The molecule has 2 fully saturated rings. The van der Waals surface area contributed by atoms with Crippen LogP contribution in [0.2, 0.25) is 0 Å². The van der Waals surface area contributed by atoms with E-state index in [9.17, 15) is 9.59 Å². The van der Waals surface area contributed by atoms with Crippen LogP contribution in [0.15, 0.2) is 36.7 Å². The highest BCUT2D eigenvalue weighted by Crippen LogP contribution is 2.50. The normalized spacial score (nSPS) is 18.7. The van der Waals surface area contributed by atoms with Gasteiger partial charge < -0.3 is 19.9 Å². The van der Waals surface area contributed by atoms with E-state index in [0.717, 1.165) is 42.8 Å². The Labute approximate surface area is 164 Å². The monoisotopic (exact) mass is 382 g/mol. The first-order valence-electron chi connectivity index (χ1n) is 9.77. The number of nitrogens with two attached hydrogens (primary N) is 1. The van der Waals surface area contributed by atoms with Crippen LogP contribution < -0.4 is 10.5 Å². The molecule has 1 aliphatic carbocycles. The summed E-state index contributed by atoms with van der Waals surface area (Å²) in [6.07, 6.45) is 7.00. The lowest BCUT2D eigenvalue weighted by Crippen LogP contribution is -2.44. The lowest BCUT2D eigenvalue weighted by atomic mass is 9.91. The first kappa shape index (κ1) is 18.5. The average molecular weight is 382 g/mol. The molecule has 1 aliphatic heterocycles. The molecule has 0 radical (unpaired) electrons. The van der Waals surface area contributed by atoms with Gasteiger partial charge in [-0.05, 0) is 43.4 Å². The zero-order chi connectivity index (χ0) is 19.7. The molecule has 1 aromatic heterocycles. The van der Waals surface area contributed by atoms with Gasteiger partial charge in [0.15, 0.2) is 0 Å². The first-order valence-corrected chi connectivity index (χ1v) is 9.77. The summed E-state index contributed by atoms with van der Waals surface area (Å²) in [5.41, 5.74) is 6.05. The summed E-state index contributed by atoms with van der Waals surface area (Å²) in [5.74, 6) is 1.80. The van der Waals surface area contributed by atoms with Gasteiger partial charge in [-0.15, -0.1) is 0 Å². The number of hydrogen-bond donors (Lipinski definition) is 1. The Morgan fingerprint density at radius 1 is 1.21 bits per heavy atom. The molecule has 7 heteroatoms. The van der Waals surface area contributed by atoms with E-state index in [1.54, 1.807) is 19.5 Å². The second kappa shape index (κ2) is 7.30. The maximum Gasteiger partial charge on any atom is 0.237 e. The fourth-order valence-electron chi connectivity index (χ4n) is 4.29. The minimum Gasteiger partial charge on any atom is -0.497 e. The molecular formula is C21H26N4O3. The Morgan fingerprint density at radius 3 is 2.46 bits per heavy atom. The van der Waals surface area contributed by atoms with Gasteiger partial charge in [-0.1, -0.05) is 12.1 Å². The summed E-state index contributed by atoms with van der Waals surface area (Å²) < 4.78 is 7.05. The number of nitrogens with zero attached hydrogens (tertiary/aromatic N) is 3. The van der Waals surface area contributed by atoms with Gasteiger partial charge in [0.2, 0.25) is 11.8 Å². The van der Waals surface area contributed by atoms with Crippen molar-refractivity contribution in [1.82, 2.24) is 14.5 Å². The number of ether oxygens (including phenoxy) is 1. The molecular weight excluding hydrogens is 356 g/mol. The second-order valence-electron chi connectivity index (χ2n) is 7.76. The fraction of sp³-hybridized carbons (Fsp3) is 0.476. The summed E-state index contributed by atoms with van der Waals surface area (Å²) >= 11 is 0. The number of methoxy groups -OCH3 is 1. The molecule has 2 aliphatic rings. The van der Waals surface area contributed by atoms with Crippen molar-refractivity contribution < 1.29 is 14.3 Å². The molecule has 2 aromatic rings. The number of carbonyl (C=O) groups excluding carboxylic acids is 2. The Hall–Kier alpha value is -2.83. The van der Waals surface area contributed by atoms with Gasteiger partial charge >= 0.3 is 0 Å². The number of carbonyl (C=O) groups is 2. The molecule has 0 unspecified atom stereocenters. The number of benzene rings is 1. The van der Waals surface area contributed by atoms with Crippen LogP contribution in [0, 0.1) is 0 Å². The van der Waals surface area contributed by atoms with Crippen LogP contribution in [0.1, 0.15) is 43.0 Å². The second-order valence-corrected chi connectivity index (χ2v) is 7.76. The predicted molar refractivity (Wildman–Crippen MR) is 104 cm³/mol. The number of piperidine rings is 1. The standard InChI is InChI=1S/C21H26N4O3/c1-28-17-4-2-16(3-5-17)21(8-9-21)20(27)24-11-6-15(7-12-24)19-23-10-13-25(19)14-18(22)26/h2-5,10,13,15H,6-9,11-12,14H2,1H3,(H2,22,26). The van der Waals surface area contributed by atoms with Gasteiger partial charge in [0.05, 0.1) is 12.5 Å². The molecule has 28 heavy (non-hydrogen) atoms.